The Morgan fingerprint density at radius 3 is 2.31 bits per heavy atom. The summed E-state index contributed by atoms with van der Waals surface area (Å²) in [6, 6.07) is 15.3. The van der Waals surface area contributed by atoms with Gasteiger partial charge in [-0.2, -0.15) is 4.89 Å². The lowest BCUT2D eigenvalue weighted by molar-refractivity contribution is -0.136. The zero-order valence-corrected chi connectivity index (χ0v) is 20.5. The number of carbonyl (C=O) groups is 1. The summed E-state index contributed by atoms with van der Waals surface area (Å²) in [6.45, 7) is 5.64. The highest BCUT2D eigenvalue weighted by atomic mass is 31.1. The maximum atomic E-state index is 13.7. The Bertz CT molecular complexity index is 1270. The van der Waals surface area contributed by atoms with Crippen LogP contribution in [0.4, 0.5) is 4.39 Å². The molecule has 2 aromatic carbocycles. The van der Waals surface area contributed by atoms with Crippen LogP contribution < -0.4 is 4.74 Å². The Kier molecular flexibility index (Phi) is 8.48. The number of carbonyl (C=O) groups excluding carboxylic acids is 1. The van der Waals surface area contributed by atoms with Gasteiger partial charge in [0.05, 0.1) is 17.8 Å². The van der Waals surface area contributed by atoms with Crippen LogP contribution in [0.3, 0.4) is 0 Å². The van der Waals surface area contributed by atoms with Crippen LogP contribution in [0.25, 0.3) is 22.4 Å². The van der Waals surface area contributed by atoms with Crippen molar-refractivity contribution in [2.24, 2.45) is 0 Å². The maximum absolute atomic E-state index is 13.7. The standard InChI is InChI=1S/C27H25FNO5P/c1-5-22(35(32)33)21(30)15-23(31)34-27-24(18-11-13-20(28)14-12-18)17(4)26(29-25(27)16(2)3)19-9-7-6-8-10-19/h1,6-14,16,21-22,30H,15H2,2-4H3/p+1. The molecule has 0 saturated carbocycles. The van der Waals surface area contributed by atoms with E-state index in [0.717, 1.165) is 11.1 Å². The number of aliphatic hydroxyl groups is 1. The fourth-order valence-corrected chi connectivity index (χ4v) is 4.29. The van der Waals surface area contributed by atoms with E-state index in [9.17, 15) is 23.7 Å². The van der Waals surface area contributed by atoms with Gasteiger partial charge in [-0.05, 0) is 46.6 Å². The first-order valence-corrected chi connectivity index (χ1v) is 12.3. The van der Waals surface area contributed by atoms with Gasteiger partial charge in [0.2, 0.25) is 0 Å². The summed E-state index contributed by atoms with van der Waals surface area (Å²) in [6.07, 6.45) is 3.08. The van der Waals surface area contributed by atoms with Crippen LogP contribution in [0.15, 0.2) is 54.6 Å². The first kappa shape index (κ1) is 26.2. The van der Waals surface area contributed by atoms with Crippen molar-refractivity contribution in [2.75, 3.05) is 0 Å². The van der Waals surface area contributed by atoms with E-state index in [2.05, 4.69) is 0 Å². The molecule has 2 N–H and O–H groups in total. The summed E-state index contributed by atoms with van der Waals surface area (Å²) >= 11 is 0. The number of benzene rings is 2. The lowest BCUT2D eigenvalue weighted by atomic mass is 9.92. The minimum absolute atomic E-state index is 0.157. The third-order valence-corrected chi connectivity index (χ3v) is 6.48. The molecule has 1 heterocycles. The molecule has 8 heteroatoms. The Balaban J connectivity index is 2.16. The quantitative estimate of drug-likeness (QED) is 0.248. The van der Waals surface area contributed by atoms with Gasteiger partial charge in [0.1, 0.15) is 11.9 Å². The second-order valence-corrected chi connectivity index (χ2v) is 9.52. The lowest BCUT2D eigenvalue weighted by Gasteiger charge is -2.22. The summed E-state index contributed by atoms with van der Waals surface area (Å²) in [5, 5.41) is 10.2. The second kappa shape index (κ2) is 11.3. The van der Waals surface area contributed by atoms with Crippen LogP contribution in [0.5, 0.6) is 5.75 Å². The number of esters is 1. The van der Waals surface area contributed by atoms with Crippen LogP contribution >= 0.6 is 8.03 Å². The summed E-state index contributed by atoms with van der Waals surface area (Å²) in [5.74, 6) is 0.819. The highest BCUT2D eigenvalue weighted by molar-refractivity contribution is 7.39. The number of rotatable bonds is 8. The molecule has 3 atom stereocenters. The molecule has 0 bridgehead atoms. The molecule has 3 unspecified atom stereocenters. The van der Waals surface area contributed by atoms with Gasteiger partial charge in [-0.3, -0.25) is 4.79 Å². The molecule has 0 aliphatic rings. The molecule has 1 aromatic heterocycles. The summed E-state index contributed by atoms with van der Waals surface area (Å²) in [5.41, 5.74) is 2.55. The van der Waals surface area contributed by atoms with Crippen LogP contribution in [0, 0.1) is 25.1 Å². The monoisotopic (exact) mass is 494 g/mol. The zero-order valence-electron chi connectivity index (χ0n) is 19.6. The molecule has 180 valence electrons. The predicted octanol–water partition coefficient (Wildman–Crippen LogP) is 5.38. The van der Waals surface area contributed by atoms with E-state index in [1.54, 1.807) is 12.1 Å². The topological polar surface area (TPSA) is 96.7 Å². The Labute approximate surface area is 204 Å². The fourth-order valence-electron chi connectivity index (χ4n) is 3.77. The largest absolute Gasteiger partial charge is 0.524 e. The molecule has 0 spiro atoms. The highest BCUT2D eigenvalue weighted by Crippen LogP contribution is 2.42. The normalized spacial score (nSPS) is 13.1. The van der Waals surface area contributed by atoms with Crippen molar-refractivity contribution >= 4 is 14.0 Å². The zero-order chi connectivity index (χ0) is 25.7. The third-order valence-electron chi connectivity index (χ3n) is 5.51. The van der Waals surface area contributed by atoms with E-state index >= 15 is 0 Å². The van der Waals surface area contributed by atoms with Crippen molar-refractivity contribution in [1.29, 1.82) is 0 Å². The number of terminal acetylenes is 1. The van der Waals surface area contributed by atoms with Gasteiger partial charge < -0.3 is 9.84 Å². The van der Waals surface area contributed by atoms with E-state index < -0.39 is 38.0 Å². The van der Waals surface area contributed by atoms with Crippen molar-refractivity contribution < 1.29 is 28.5 Å². The average molecular weight is 494 g/mol. The number of hydrogen-bond acceptors (Lipinski definition) is 5. The predicted molar refractivity (Wildman–Crippen MR) is 133 cm³/mol. The minimum atomic E-state index is -2.88. The Morgan fingerprint density at radius 1 is 1.14 bits per heavy atom. The van der Waals surface area contributed by atoms with E-state index in [4.69, 9.17) is 16.1 Å². The van der Waals surface area contributed by atoms with Crippen LogP contribution in [-0.4, -0.2) is 32.7 Å². The van der Waals surface area contributed by atoms with Gasteiger partial charge in [0.25, 0.3) is 5.66 Å². The van der Waals surface area contributed by atoms with Gasteiger partial charge >= 0.3 is 14.0 Å². The van der Waals surface area contributed by atoms with Crippen molar-refractivity contribution in [3.05, 3.63) is 71.7 Å². The molecule has 35 heavy (non-hydrogen) atoms. The molecule has 0 aliphatic carbocycles. The van der Waals surface area contributed by atoms with Crippen LogP contribution in [-0.2, 0) is 9.36 Å². The number of hydrogen-bond donors (Lipinski definition) is 2. The maximum Gasteiger partial charge on any atom is 0.524 e. The Hall–Kier alpha value is -3.43. The molecular formula is C27H26FNO5P+. The Morgan fingerprint density at radius 2 is 1.77 bits per heavy atom. The van der Waals surface area contributed by atoms with Crippen molar-refractivity contribution in [3.63, 3.8) is 0 Å². The van der Waals surface area contributed by atoms with Crippen LogP contribution in [0.1, 0.15) is 37.4 Å². The summed E-state index contributed by atoms with van der Waals surface area (Å²) < 4.78 is 30.8. The number of halogens is 1. The van der Waals surface area contributed by atoms with E-state index in [1.807, 2.05) is 57.0 Å². The summed E-state index contributed by atoms with van der Waals surface area (Å²) in [4.78, 5) is 27.0. The molecule has 0 saturated heterocycles. The molecule has 3 aromatic rings. The van der Waals surface area contributed by atoms with E-state index in [-0.39, 0.29) is 11.7 Å². The first-order chi connectivity index (χ1) is 16.6. The number of aromatic nitrogens is 1. The lowest BCUT2D eigenvalue weighted by Crippen LogP contribution is -2.27. The first-order valence-electron chi connectivity index (χ1n) is 11.0. The fraction of sp³-hybridized carbons (Fsp3) is 0.259. The number of aliphatic hydroxyl groups excluding tert-OH is 1. The number of ether oxygens (including phenoxy) is 1. The molecule has 0 aliphatic heterocycles. The van der Waals surface area contributed by atoms with Crippen molar-refractivity contribution in [1.82, 2.24) is 4.98 Å². The van der Waals surface area contributed by atoms with E-state index in [0.29, 0.717) is 22.5 Å². The molecule has 0 fully saturated rings. The third kappa shape index (κ3) is 5.98. The van der Waals surface area contributed by atoms with Gasteiger partial charge in [-0.1, -0.05) is 56.3 Å². The smallest absolute Gasteiger partial charge is 0.424 e. The van der Waals surface area contributed by atoms with Gasteiger partial charge in [0, 0.05) is 11.1 Å². The van der Waals surface area contributed by atoms with Gasteiger partial charge in [-0.25, -0.2) is 9.37 Å². The molecule has 3 rings (SSSR count). The SMILES string of the molecule is C#CC(C(O)CC(=O)Oc1c(C(C)C)nc(-c2ccccc2)c(C)c1-c1ccc(F)cc1)[P+](=O)O. The van der Waals surface area contributed by atoms with Gasteiger partial charge in [0.15, 0.2) is 5.75 Å². The molecule has 0 radical (unpaired) electrons. The highest BCUT2D eigenvalue weighted by Gasteiger charge is 2.37. The second-order valence-electron chi connectivity index (χ2n) is 8.36. The molecule has 0 amide bonds. The summed E-state index contributed by atoms with van der Waals surface area (Å²) in [7, 11) is -2.88. The van der Waals surface area contributed by atoms with Gasteiger partial charge in [-0.15, -0.1) is 6.42 Å². The number of pyridine rings is 1. The average Bonchev–Trinajstić information content (AvgIpc) is 2.80. The molecular weight excluding hydrogens is 468 g/mol. The van der Waals surface area contributed by atoms with Crippen molar-refractivity contribution in [2.45, 2.75) is 44.9 Å². The molecule has 6 nitrogen and oxygen atoms in total. The van der Waals surface area contributed by atoms with Crippen molar-refractivity contribution in [3.8, 4) is 40.5 Å². The number of nitrogens with zero attached hydrogens (tertiary/aromatic N) is 1. The van der Waals surface area contributed by atoms with E-state index in [1.165, 1.54) is 12.1 Å². The van der Waals surface area contributed by atoms with Crippen LogP contribution in [0.2, 0.25) is 0 Å². The minimum Gasteiger partial charge on any atom is -0.424 e.